The number of fused-ring (bicyclic) bond motifs is 1. The molecule has 2 fully saturated rings. The topological polar surface area (TPSA) is 3.24 Å². The smallest absolute Gasteiger partial charge is 0.0338 e. The minimum absolute atomic E-state index is 0.791. The molecule has 1 aliphatic carbocycles. The van der Waals surface area contributed by atoms with Gasteiger partial charge >= 0.3 is 0 Å². The number of halogens is 1. The van der Waals surface area contributed by atoms with Gasteiger partial charge in [-0.25, -0.2) is 0 Å². The lowest BCUT2D eigenvalue weighted by atomic mass is 9.77. The number of nitrogens with zero attached hydrogens (tertiary/aromatic N) is 1. The molecular formula is C10H16ClN. The molecule has 0 amide bonds. The van der Waals surface area contributed by atoms with Crippen molar-refractivity contribution in [3.63, 3.8) is 0 Å². The Morgan fingerprint density at radius 2 is 2.17 bits per heavy atom. The summed E-state index contributed by atoms with van der Waals surface area (Å²) in [5.41, 5.74) is 0. The molecule has 2 unspecified atom stereocenters. The lowest BCUT2D eigenvalue weighted by Gasteiger charge is -2.51. The van der Waals surface area contributed by atoms with Crippen molar-refractivity contribution in [3.8, 4) is 0 Å². The predicted molar refractivity (Wildman–Crippen MR) is 52.3 cm³/mol. The van der Waals surface area contributed by atoms with Crippen molar-refractivity contribution in [2.24, 2.45) is 5.92 Å². The van der Waals surface area contributed by atoms with Crippen LogP contribution in [-0.4, -0.2) is 24.0 Å². The van der Waals surface area contributed by atoms with Crippen LogP contribution >= 0.6 is 11.6 Å². The molecular weight excluding hydrogens is 170 g/mol. The Bertz CT molecular complexity index is 190. The highest BCUT2D eigenvalue weighted by Gasteiger charge is 2.39. The molecule has 0 aromatic heterocycles. The van der Waals surface area contributed by atoms with Crippen LogP contribution in [0.3, 0.4) is 0 Å². The summed E-state index contributed by atoms with van der Waals surface area (Å²) in [5.74, 6) is 0.981. The summed E-state index contributed by atoms with van der Waals surface area (Å²) in [6.07, 6.45) is 5.67. The lowest BCUT2D eigenvalue weighted by molar-refractivity contribution is -0.00501. The van der Waals surface area contributed by atoms with E-state index in [1.165, 1.54) is 32.2 Å². The molecule has 1 saturated heterocycles. The van der Waals surface area contributed by atoms with Crippen LogP contribution in [0.15, 0.2) is 11.6 Å². The van der Waals surface area contributed by atoms with Gasteiger partial charge in [-0.15, -0.1) is 0 Å². The number of hydrogen-bond acceptors (Lipinski definition) is 1. The van der Waals surface area contributed by atoms with E-state index < -0.39 is 0 Å². The molecule has 2 aliphatic rings. The molecule has 0 spiro atoms. The summed E-state index contributed by atoms with van der Waals surface area (Å²) in [6, 6.07) is 0.842. The van der Waals surface area contributed by atoms with Crippen LogP contribution in [-0.2, 0) is 0 Å². The quantitative estimate of drug-likeness (QED) is 0.640. The van der Waals surface area contributed by atoms with Crippen molar-refractivity contribution in [2.45, 2.75) is 31.7 Å². The Kier molecular flexibility index (Phi) is 2.42. The first-order valence-corrected chi connectivity index (χ1v) is 5.22. The molecule has 0 aromatic carbocycles. The van der Waals surface area contributed by atoms with Crippen molar-refractivity contribution in [3.05, 3.63) is 11.6 Å². The van der Waals surface area contributed by atoms with Crippen LogP contribution in [0.4, 0.5) is 0 Å². The monoisotopic (exact) mass is 185 g/mol. The highest BCUT2D eigenvalue weighted by Crippen LogP contribution is 2.37. The number of rotatable bonds is 2. The van der Waals surface area contributed by atoms with Crippen molar-refractivity contribution < 1.29 is 0 Å². The van der Waals surface area contributed by atoms with Crippen molar-refractivity contribution in [1.29, 1.82) is 0 Å². The predicted octanol–water partition coefficient (Wildman–Crippen LogP) is 2.61. The summed E-state index contributed by atoms with van der Waals surface area (Å²) in [4.78, 5) is 2.47. The fourth-order valence-electron chi connectivity index (χ4n) is 2.58. The lowest BCUT2D eigenvalue weighted by Crippen LogP contribution is -2.57. The van der Waals surface area contributed by atoms with Gasteiger partial charge in [-0.2, -0.15) is 0 Å². The van der Waals surface area contributed by atoms with E-state index in [1.807, 2.05) is 0 Å². The molecule has 2 heteroatoms. The van der Waals surface area contributed by atoms with Crippen molar-refractivity contribution >= 4 is 11.6 Å². The van der Waals surface area contributed by atoms with Gasteiger partial charge in [-0.1, -0.05) is 31.0 Å². The molecule has 0 bridgehead atoms. The third-order valence-corrected chi connectivity index (χ3v) is 3.30. The average molecular weight is 186 g/mol. The van der Waals surface area contributed by atoms with Crippen LogP contribution in [0.25, 0.3) is 0 Å². The van der Waals surface area contributed by atoms with Crippen LogP contribution in [0.5, 0.6) is 0 Å². The van der Waals surface area contributed by atoms with Gasteiger partial charge in [-0.05, 0) is 18.8 Å². The number of likely N-dealkylation sites (tertiary alicyclic amines) is 1. The van der Waals surface area contributed by atoms with Crippen molar-refractivity contribution in [1.82, 2.24) is 4.90 Å². The maximum Gasteiger partial charge on any atom is 0.0338 e. The molecule has 2 atom stereocenters. The van der Waals surface area contributed by atoms with Gasteiger partial charge in [-0.3, -0.25) is 4.90 Å². The summed E-state index contributed by atoms with van der Waals surface area (Å²) in [5, 5.41) is 0.791. The van der Waals surface area contributed by atoms with E-state index >= 15 is 0 Å². The van der Waals surface area contributed by atoms with Crippen LogP contribution in [0.2, 0.25) is 0 Å². The first-order chi connectivity index (χ1) is 5.77. The summed E-state index contributed by atoms with van der Waals surface area (Å²) in [6.45, 7) is 5.90. The van der Waals surface area contributed by atoms with Crippen LogP contribution in [0, 0.1) is 5.92 Å². The highest BCUT2D eigenvalue weighted by molar-refractivity contribution is 6.29. The van der Waals surface area contributed by atoms with Crippen LogP contribution in [0.1, 0.15) is 25.7 Å². The molecule has 1 heterocycles. The summed E-state index contributed by atoms with van der Waals surface area (Å²) >= 11 is 5.78. The fourth-order valence-corrected chi connectivity index (χ4v) is 2.74. The Balaban J connectivity index is 1.84. The van der Waals surface area contributed by atoms with E-state index in [4.69, 9.17) is 11.6 Å². The summed E-state index contributed by atoms with van der Waals surface area (Å²) < 4.78 is 0. The second-order valence-corrected chi connectivity index (χ2v) is 4.59. The minimum atomic E-state index is 0.791. The first-order valence-electron chi connectivity index (χ1n) is 4.84. The van der Waals surface area contributed by atoms with E-state index in [0.29, 0.717) is 0 Å². The van der Waals surface area contributed by atoms with E-state index in [0.717, 1.165) is 23.5 Å². The Morgan fingerprint density at radius 3 is 2.83 bits per heavy atom. The van der Waals surface area contributed by atoms with Gasteiger partial charge in [0.05, 0.1) is 0 Å². The Morgan fingerprint density at radius 1 is 1.42 bits per heavy atom. The number of hydrogen-bond donors (Lipinski definition) is 0. The second kappa shape index (κ2) is 3.39. The molecule has 68 valence electrons. The minimum Gasteiger partial charge on any atom is -0.295 e. The van der Waals surface area contributed by atoms with E-state index in [9.17, 15) is 0 Å². The zero-order valence-corrected chi connectivity index (χ0v) is 8.19. The molecule has 0 aromatic rings. The van der Waals surface area contributed by atoms with Gasteiger partial charge in [0.25, 0.3) is 0 Å². The fraction of sp³-hybridized carbons (Fsp3) is 0.800. The van der Waals surface area contributed by atoms with Gasteiger partial charge < -0.3 is 0 Å². The van der Waals surface area contributed by atoms with Gasteiger partial charge in [0.2, 0.25) is 0 Å². The Hall–Kier alpha value is -0.0100. The standard InChI is InChI=1S/C10H16ClN/c1-8(11)6-12-7-9-4-2-3-5-10(9)12/h9-10H,1-7H2. The molecule has 1 nitrogen and oxygen atoms in total. The van der Waals surface area contributed by atoms with Gasteiger partial charge in [0.15, 0.2) is 0 Å². The average Bonchev–Trinajstić information content (AvgIpc) is 2.00. The third kappa shape index (κ3) is 1.53. The summed E-state index contributed by atoms with van der Waals surface area (Å²) in [7, 11) is 0. The van der Waals surface area contributed by atoms with Gasteiger partial charge in [0, 0.05) is 24.2 Å². The Labute approximate surface area is 79.4 Å². The van der Waals surface area contributed by atoms with Crippen molar-refractivity contribution in [2.75, 3.05) is 13.1 Å². The highest BCUT2D eigenvalue weighted by atomic mass is 35.5. The zero-order valence-electron chi connectivity index (χ0n) is 7.43. The first kappa shape index (κ1) is 8.58. The molecule has 1 saturated carbocycles. The maximum absolute atomic E-state index is 5.78. The third-order valence-electron chi connectivity index (χ3n) is 3.18. The maximum atomic E-state index is 5.78. The van der Waals surface area contributed by atoms with E-state index in [1.54, 1.807) is 0 Å². The largest absolute Gasteiger partial charge is 0.295 e. The SMILES string of the molecule is C=C(Cl)CN1CC2CCCCC21. The molecule has 0 radical (unpaired) electrons. The van der Waals surface area contributed by atoms with Crippen LogP contribution < -0.4 is 0 Å². The van der Waals surface area contributed by atoms with E-state index in [2.05, 4.69) is 11.5 Å². The normalized spacial score (nSPS) is 35.4. The molecule has 2 rings (SSSR count). The molecule has 12 heavy (non-hydrogen) atoms. The van der Waals surface area contributed by atoms with Gasteiger partial charge in [0.1, 0.15) is 0 Å². The zero-order chi connectivity index (χ0) is 8.55. The molecule has 1 aliphatic heterocycles. The second-order valence-electron chi connectivity index (χ2n) is 4.06. The van der Waals surface area contributed by atoms with E-state index in [-0.39, 0.29) is 0 Å². The molecule has 0 N–H and O–H groups in total.